The molecule has 0 spiro atoms. The lowest BCUT2D eigenvalue weighted by molar-refractivity contribution is -0.233. The summed E-state index contributed by atoms with van der Waals surface area (Å²) in [6, 6.07) is 0. The molecule has 6 nitrogen and oxygen atoms in total. The fraction of sp³-hybridized carbons (Fsp3) is 0.929. The van der Waals surface area contributed by atoms with Crippen LogP contribution in [0.3, 0.4) is 0 Å². The van der Waals surface area contributed by atoms with Gasteiger partial charge < -0.3 is 9.84 Å². The number of carbonyl (C=O) groups is 1. The van der Waals surface area contributed by atoms with Gasteiger partial charge in [0.15, 0.2) is 0 Å². The lowest BCUT2D eigenvalue weighted by Gasteiger charge is -2.55. The van der Waals surface area contributed by atoms with Crippen molar-refractivity contribution in [3.63, 3.8) is 0 Å². The lowest BCUT2D eigenvalue weighted by atomic mass is 9.55. The summed E-state index contributed by atoms with van der Waals surface area (Å²) >= 11 is 0. The molecular formula is C14H18F4O6S. The van der Waals surface area contributed by atoms with Crippen LogP contribution in [0.5, 0.6) is 0 Å². The maximum Gasteiger partial charge on any atom is 0.451 e. The molecular weight excluding hydrogens is 372 g/mol. The Balaban J connectivity index is 1.90. The van der Waals surface area contributed by atoms with Gasteiger partial charge in [0.1, 0.15) is 5.60 Å². The normalized spacial score (nSPS) is 40.4. The van der Waals surface area contributed by atoms with Gasteiger partial charge in [0.25, 0.3) is 0 Å². The van der Waals surface area contributed by atoms with Crippen molar-refractivity contribution < 1.29 is 45.2 Å². The van der Waals surface area contributed by atoms with E-state index >= 15 is 0 Å². The van der Waals surface area contributed by atoms with Crippen LogP contribution in [-0.4, -0.2) is 46.9 Å². The fourth-order valence-electron chi connectivity index (χ4n) is 4.71. The van der Waals surface area contributed by atoms with Gasteiger partial charge >= 0.3 is 27.3 Å². The Morgan fingerprint density at radius 1 is 1.08 bits per heavy atom. The summed E-state index contributed by atoms with van der Waals surface area (Å²) < 4.78 is 88.2. The molecule has 3 fully saturated rings. The third-order valence-electron chi connectivity index (χ3n) is 5.89. The number of fused-ring (bicyclic) bond motifs is 2. The van der Waals surface area contributed by atoms with E-state index in [1.54, 1.807) is 0 Å². The molecule has 2 N–H and O–H groups in total. The molecule has 0 aromatic rings. The molecule has 0 amide bonds. The molecule has 0 saturated heterocycles. The molecule has 3 rings (SSSR count). The number of carbonyl (C=O) groups excluding carboxylic acids is 1. The third kappa shape index (κ3) is 2.84. The van der Waals surface area contributed by atoms with Crippen LogP contribution in [0, 0.1) is 17.8 Å². The summed E-state index contributed by atoms with van der Waals surface area (Å²) in [6.45, 7) is 0. The predicted molar refractivity (Wildman–Crippen MR) is 74.4 cm³/mol. The molecule has 25 heavy (non-hydrogen) atoms. The van der Waals surface area contributed by atoms with E-state index in [1.807, 2.05) is 0 Å². The van der Waals surface area contributed by atoms with E-state index < -0.39 is 39.0 Å². The molecule has 3 aliphatic rings. The molecule has 3 aliphatic carbocycles. The van der Waals surface area contributed by atoms with Gasteiger partial charge in [0.2, 0.25) is 0 Å². The van der Waals surface area contributed by atoms with Crippen molar-refractivity contribution in [1.29, 1.82) is 0 Å². The van der Waals surface area contributed by atoms with Gasteiger partial charge in [-0.2, -0.15) is 21.6 Å². The van der Waals surface area contributed by atoms with E-state index in [-0.39, 0.29) is 37.0 Å². The van der Waals surface area contributed by atoms with Crippen molar-refractivity contribution in [2.75, 3.05) is 0 Å². The van der Waals surface area contributed by atoms with Crippen LogP contribution in [0.1, 0.15) is 38.5 Å². The van der Waals surface area contributed by atoms with E-state index in [4.69, 9.17) is 9.29 Å². The zero-order valence-electron chi connectivity index (χ0n) is 13.0. The summed E-state index contributed by atoms with van der Waals surface area (Å²) in [7, 11) is -6.44. The highest BCUT2D eigenvalue weighted by atomic mass is 32.2. The van der Waals surface area contributed by atoms with E-state index in [1.165, 1.54) is 0 Å². The molecule has 0 aromatic heterocycles. The minimum absolute atomic E-state index is 0.0225. The molecule has 0 aliphatic heterocycles. The Morgan fingerprint density at radius 3 is 2.24 bits per heavy atom. The number of rotatable bonds is 3. The summed E-state index contributed by atoms with van der Waals surface area (Å²) in [5.41, 5.74) is -1.45. The van der Waals surface area contributed by atoms with Crippen LogP contribution in [-0.2, 0) is 19.6 Å². The highest BCUT2D eigenvalue weighted by Crippen LogP contribution is 2.56. The minimum atomic E-state index is -6.44. The smallest absolute Gasteiger partial charge is 0.451 e. The van der Waals surface area contributed by atoms with Crippen molar-refractivity contribution in [2.24, 2.45) is 17.8 Å². The Kier molecular flexibility index (Phi) is 4.16. The summed E-state index contributed by atoms with van der Waals surface area (Å²) in [6.07, 6.45) is -4.76. The molecule has 3 saturated carbocycles. The van der Waals surface area contributed by atoms with Crippen molar-refractivity contribution in [2.45, 2.75) is 61.4 Å². The zero-order valence-corrected chi connectivity index (χ0v) is 13.8. The molecule has 11 heteroatoms. The van der Waals surface area contributed by atoms with Gasteiger partial charge in [-0.15, -0.1) is 0 Å². The van der Waals surface area contributed by atoms with E-state index in [2.05, 4.69) is 0 Å². The van der Waals surface area contributed by atoms with Crippen LogP contribution in [0.4, 0.5) is 17.6 Å². The first-order valence-corrected chi connectivity index (χ1v) is 9.37. The van der Waals surface area contributed by atoms with E-state index in [0.29, 0.717) is 19.3 Å². The quantitative estimate of drug-likeness (QED) is 0.434. The largest absolute Gasteiger partial charge is 0.456 e. The zero-order chi connectivity index (χ0) is 18.8. The number of hydrogen-bond donors (Lipinski definition) is 2. The van der Waals surface area contributed by atoms with Crippen molar-refractivity contribution in [3.8, 4) is 0 Å². The molecule has 6 atom stereocenters. The van der Waals surface area contributed by atoms with Gasteiger partial charge in [0, 0.05) is 0 Å². The second kappa shape index (κ2) is 5.53. The summed E-state index contributed by atoms with van der Waals surface area (Å²) in [5.74, 6) is -2.80. The molecule has 6 unspecified atom stereocenters. The van der Waals surface area contributed by atoms with Crippen molar-refractivity contribution in [1.82, 2.24) is 0 Å². The second-order valence-electron chi connectivity index (χ2n) is 7.41. The average Bonchev–Trinajstić information content (AvgIpc) is 2.45. The maximum atomic E-state index is 14.2. The highest BCUT2D eigenvalue weighted by molar-refractivity contribution is 7.88. The first-order valence-electron chi connectivity index (χ1n) is 7.93. The Bertz CT molecular complexity index is 679. The van der Waals surface area contributed by atoms with Crippen molar-refractivity contribution >= 4 is 16.1 Å². The number of hydrogen-bond acceptors (Lipinski definition) is 5. The minimum Gasteiger partial charge on any atom is -0.456 e. The molecule has 0 aromatic carbocycles. The number of alkyl halides is 4. The Morgan fingerprint density at radius 2 is 1.68 bits per heavy atom. The second-order valence-corrected chi connectivity index (χ2v) is 8.92. The SMILES string of the molecule is O=C(OC12CCC3CC(O)C(CC3C1)C2)C(F)(C(F)(F)F)S(=O)(=O)O. The lowest BCUT2D eigenvalue weighted by Crippen LogP contribution is -2.60. The van der Waals surface area contributed by atoms with Gasteiger partial charge in [0.05, 0.1) is 6.10 Å². The number of aliphatic hydroxyl groups excluding tert-OH is 1. The van der Waals surface area contributed by atoms with Crippen molar-refractivity contribution in [3.05, 3.63) is 0 Å². The summed E-state index contributed by atoms with van der Waals surface area (Å²) in [4.78, 5) is 11.9. The summed E-state index contributed by atoms with van der Waals surface area (Å²) in [5, 5.41) is 4.55. The van der Waals surface area contributed by atoms with Gasteiger partial charge in [-0.1, -0.05) is 0 Å². The topological polar surface area (TPSA) is 101 Å². The third-order valence-corrected chi connectivity index (χ3v) is 7.00. The van der Waals surface area contributed by atoms with E-state index in [0.717, 1.165) is 0 Å². The molecule has 144 valence electrons. The molecule has 0 radical (unpaired) electrons. The van der Waals surface area contributed by atoms with Gasteiger partial charge in [-0.05, 0) is 56.3 Å². The first-order chi connectivity index (χ1) is 11.3. The number of aliphatic hydroxyl groups is 1. The number of ether oxygens (including phenoxy) is 1. The molecule has 3 bridgehead atoms. The predicted octanol–water partition coefficient (Wildman–Crippen LogP) is 1.98. The number of halogens is 4. The Labute approximate surface area is 141 Å². The van der Waals surface area contributed by atoms with Crippen LogP contribution in [0.25, 0.3) is 0 Å². The number of esters is 1. The highest BCUT2D eigenvalue weighted by Gasteiger charge is 2.73. The monoisotopic (exact) mass is 390 g/mol. The Hall–Kier alpha value is -0.940. The standard InChI is InChI=1S/C14H18F4O6S/c15-13(14(16,17)18,25(21,22)23)11(20)24-12-2-1-7-4-10(19)9(6-12)3-8(7)5-12/h7-10,19H,1-6H2,(H,21,22,23). The first kappa shape index (κ1) is 18.8. The van der Waals surface area contributed by atoms with Gasteiger partial charge in [-0.3, -0.25) is 4.55 Å². The maximum absolute atomic E-state index is 14.2. The molecule has 0 heterocycles. The average molecular weight is 390 g/mol. The van der Waals surface area contributed by atoms with Crippen LogP contribution in [0.2, 0.25) is 0 Å². The fourth-order valence-corrected chi connectivity index (χ4v) is 5.26. The van der Waals surface area contributed by atoms with Crippen LogP contribution >= 0.6 is 0 Å². The van der Waals surface area contributed by atoms with E-state index in [9.17, 15) is 35.9 Å². The van der Waals surface area contributed by atoms with Crippen LogP contribution in [0.15, 0.2) is 0 Å². The van der Waals surface area contributed by atoms with Gasteiger partial charge in [-0.25, -0.2) is 9.18 Å². The van der Waals surface area contributed by atoms with Crippen LogP contribution < -0.4 is 0 Å².